The molecule has 0 saturated heterocycles. The summed E-state index contributed by atoms with van der Waals surface area (Å²) in [6.45, 7) is 9.69. The highest BCUT2D eigenvalue weighted by Gasteiger charge is 2.18. The fourth-order valence-electron chi connectivity index (χ4n) is 2.25. The van der Waals surface area contributed by atoms with Gasteiger partial charge in [-0.15, -0.1) is 0 Å². The number of hydrogen-bond donors (Lipinski definition) is 2. The summed E-state index contributed by atoms with van der Waals surface area (Å²) in [4.78, 5) is 0. The number of hydrazine groups is 1. The molecular formula is C16H28N2O3. The van der Waals surface area contributed by atoms with Gasteiger partial charge in [-0.25, -0.2) is 0 Å². The Morgan fingerprint density at radius 1 is 0.952 bits per heavy atom. The summed E-state index contributed by atoms with van der Waals surface area (Å²) in [6, 6.07) is 4.04. The first-order chi connectivity index (χ1) is 10.2. The highest BCUT2D eigenvalue weighted by Crippen LogP contribution is 2.41. The van der Waals surface area contributed by atoms with E-state index < -0.39 is 0 Å². The fourth-order valence-corrected chi connectivity index (χ4v) is 2.25. The minimum Gasteiger partial charge on any atom is -0.490 e. The van der Waals surface area contributed by atoms with Crippen LogP contribution in [0.25, 0.3) is 0 Å². The molecule has 3 N–H and O–H groups in total. The quantitative estimate of drug-likeness (QED) is 0.513. The van der Waals surface area contributed by atoms with E-state index >= 15 is 0 Å². The maximum atomic E-state index is 5.72. The topological polar surface area (TPSA) is 65.7 Å². The van der Waals surface area contributed by atoms with Gasteiger partial charge in [0.05, 0.1) is 19.8 Å². The van der Waals surface area contributed by atoms with Crippen LogP contribution in [-0.2, 0) is 0 Å². The van der Waals surface area contributed by atoms with Gasteiger partial charge in [0, 0.05) is 6.04 Å². The van der Waals surface area contributed by atoms with Crippen molar-refractivity contribution in [3.8, 4) is 17.2 Å². The monoisotopic (exact) mass is 296 g/mol. The maximum Gasteiger partial charge on any atom is 0.203 e. The van der Waals surface area contributed by atoms with Gasteiger partial charge >= 0.3 is 0 Å². The zero-order valence-corrected chi connectivity index (χ0v) is 13.6. The van der Waals surface area contributed by atoms with E-state index in [9.17, 15) is 0 Å². The van der Waals surface area contributed by atoms with Crippen LogP contribution in [0.3, 0.4) is 0 Å². The van der Waals surface area contributed by atoms with Gasteiger partial charge in [0.2, 0.25) is 5.75 Å². The molecule has 0 heterocycles. The third kappa shape index (κ3) is 4.79. The summed E-state index contributed by atoms with van der Waals surface area (Å²) >= 11 is 0. The van der Waals surface area contributed by atoms with Gasteiger partial charge in [0.15, 0.2) is 11.5 Å². The van der Waals surface area contributed by atoms with Crippen molar-refractivity contribution >= 4 is 0 Å². The van der Waals surface area contributed by atoms with Crippen molar-refractivity contribution in [2.45, 2.75) is 46.6 Å². The molecule has 5 nitrogen and oxygen atoms in total. The number of ether oxygens (including phenoxy) is 3. The molecule has 0 aliphatic heterocycles. The molecule has 1 atom stereocenters. The number of nitrogens with one attached hydrogen (secondary N) is 1. The third-order valence-electron chi connectivity index (χ3n) is 3.11. The molecule has 5 heteroatoms. The summed E-state index contributed by atoms with van der Waals surface area (Å²) in [5, 5.41) is 0. The predicted molar refractivity (Wildman–Crippen MR) is 84.9 cm³/mol. The first kappa shape index (κ1) is 17.6. The molecule has 0 radical (unpaired) electrons. The lowest BCUT2D eigenvalue weighted by Crippen LogP contribution is -2.28. The van der Waals surface area contributed by atoms with Crippen LogP contribution in [-0.4, -0.2) is 19.8 Å². The minimum absolute atomic E-state index is 0.0732. The van der Waals surface area contributed by atoms with Crippen molar-refractivity contribution in [1.29, 1.82) is 0 Å². The predicted octanol–water partition coefficient (Wildman–Crippen LogP) is 3.19. The Kier molecular flexibility index (Phi) is 7.93. The minimum atomic E-state index is 0.0732. The highest BCUT2D eigenvalue weighted by atomic mass is 16.5. The normalized spacial score (nSPS) is 12.0. The van der Waals surface area contributed by atoms with Crippen molar-refractivity contribution in [2.24, 2.45) is 5.84 Å². The summed E-state index contributed by atoms with van der Waals surface area (Å²) in [6.07, 6.45) is 1.98. The van der Waals surface area contributed by atoms with Crippen molar-refractivity contribution in [3.05, 3.63) is 17.7 Å². The van der Waals surface area contributed by atoms with Gasteiger partial charge in [-0.1, -0.05) is 13.3 Å². The van der Waals surface area contributed by atoms with E-state index in [-0.39, 0.29) is 6.04 Å². The molecule has 1 aromatic carbocycles. The lowest BCUT2D eigenvalue weighted by molar-refractivity contribution is 0.259. The molecule has 1 unspecified atom stereocenters. The first-order valence-electron chi connectivity index (χ1n) is 7.74. The first-order valence-corrected chi connectivity index (χ1v) is 7.74. The van der Waals surface area contributed by atoms with Crippen molar-refractivity contribution < 1.29 is 14.2 Å². The molecule has 0 amide bonds. The number of hydrogen-bond acceptors (Lipinski definition) is 5. The zero-order chi connectivity index (χ0) is 15.7. The molecular weight excluding hydrogens is 268 g/mol. The third-order valence-corrected chi connectivity index (χ3v) is 3.11. The molecule has 0 aromatic heterocycles. The Hall–Kier alpha value is -1.46. The van der Waals surface area contributed by atoms with Gasteiger partial charge < -0.3 is 14.2 Å². The smallest absolute Gasteiger partial charge is 0.203 e. The molecule has 0 bridgehead atoms. The van der Waals surface area contributed by atoms with Gasteiger partial charge in [-0.3, -0.25) is 11.3 Å². The summed E-state index contributed by atoms with van der Waals surface area (Å²) in [5.74, 6) is 7.75. The Bertz CT molecular complexity index is 397. The van der Waals surface area contributed by atoms with Crippen LogP contribution in [0.5, 0.6) is 17.2 Å². The van der Waals surface area contributed by atoms with E-state index in [0.717, 1.165) is 18.4 Å². The van der Waals surface area contributed by atoms with Crippen LogP contribution in [0.4, 0.5) is 0 Å². The molecule has 1 aromatic rings. The van der Waals surface area contributed by atoms with E-state index in [1.807, 2.05) is 32.9 Å². The van der Waals surface area contributed by atoms with E-state index in [1.54, 1.807) is 0 Å². The summed E-state index contributed by atoms with van der Waals surface area (Å²) < 4.78 is 17.1. The lowest BCUT2D eigenvalue weighted by Gasteiger charge is -2.21. The zero-order valence-electron chi connectivity index (χ0n) is 13.6. The molecule has 120 valence electrons. The molecule has 0 spiro atoms. The average molecular weight is 296 g/mol. The van der Waals surface area contributed by atoms with E-state index in [4.69, 9.17) is 20.1 Å². The Morgan fingerprint density at radius 2 is 1.48 bits per heavy atom. The van der Waals surface area contributed by atoms with E-state index in [2.05, 4.69) is 12.3 Å². The van der Waals surface area contributed by atoms with Crippen LogP contribution in [0.2, 0.25) is 0 Å². The largest absolute Gasteiger partial charge is 0.490 e. The van der Waals surface area contributed by atoms with E-state index in [0.29, 0.717) is 37.1 Å². The Balaban J connectivity index is 3.26. The summed E-state index contributed by atoms with van der Waals surface area (Å²) in [5.41, 5.74) is 3.91. The van der Waals surface area contributed by atoms with Crippen LogP contribution in [0, 0.1) is 0 Å². The van der Waals surface area contributed by atoms with E-state index in [1.165, 1.54) is 0 Å². The molecule has 0 saturated carbocycles. The Labute approximate surface area is 127 Å². The number of rotatable bonds is 10. The molecule has 0 fully saturated rings. The van der Waals surface area contributed by atoms with Crippen LogP contribution < -0.4 is 25.5 Å². The molecule has 0 aliphatic rings. The molecule has 0 aliphatic carbocycles. The number of nitrogens with two attached hydrogens (primary N) is 1. The Morgan fingerprint density at radius 3 is 1.86 bits per heavy atom. The van der Waals surface area contributed by atoms with Crippen LogP contribution in [0.1, 0.15) is 52.1 Å². The van der Waals surface area contributed by atoms with Crippen molar-refractivity contribution in [1.82, 2.24) is 5.43 Å². The lowest BCUT2D eigenvalue weighted by atomic mass is 10.0. The fraction of sp³-hybridized carbons (Fsp3) is 0.625. The average Bonchev–Trinajstić information content (AvgIpc) is 2.48. The second-order valence-corrected chi connectivity index (χ2v) is 4.65. The van der Waals surface area contributed by atoms with Crippen molar-refractivity contribution in [2.75, 3.05) is 19.8 Å². The standard InChI is InChI=1S/C16H28N2O3/c1-5-9-13(18-17)12-10-14(19-6-2)16(21-8-4)15(11-12)20-7-3/h10-11,13,18H,5-9,17H2,1-4H3. The van der Waals surface area contributed by atoms with Gasteiger partial charge in [0.25, 0.3) is 0 Å². The molecule has 1 rings (SSSR count). The SMILES string of the molecule is CCCC(NN)c1cc(OCC)c(OCC)c(OCC)c1. The molecule has 21 heavy (non-hydrogen) atoms. The van der Waals surface area contributed by atoms with Gasteiger partial charge in [-0.2, -0.15) is 0 Å². The van der Waals surface area contributed by atoms with Gasteiger partial charge in [-0.05, 0) is 44.9 Å². The highest BCUT2D eigenvalue weighted by molar-refractivity contribution is 5.54. The van der Waals surface area contributed by atoms with Crippen molar-refractivity contribution in [3.63, 3.8) is 0 Å². The second-order valence-electron chi connectivity index (χ2n) is 4.65. The number of benzene rings is 1. The maximum absolute atomic E-state index is 5.72. The van der Waals surface area contributed by atoms with Crippen LogP contribution >= 0.6 is 0 Å². The summed E-state index contributed by atoms with van der Waals surface area (Å²) in [7, 11) is 0. The van der Waals surface area contributed by atoms with Crippen LogP contribution in [0.15, 0.2) is 12.1 Å². The van der Waals surface area contributed by atoms with Gasteiger partial charge in [0.1, 0.15) is 0 Å². The second kappa shape index (κ2) is 9.47.